The molecule has 2 aromatic rings. The Morgan fingerprint density at radius 3 is 2.59 bits per heavy atom. The molecule has 1 aromatic carbocycles. The number of guanidine groups is 1. The van der Waals surface area contributed by atoms with Crippen molar-refractivity contribution >= 4 is 17.0 Å². The maximum Gasteiger partial charge on any atom is 0.191 e. The molecule has 0 amide bonds. The number of aliphatic imine (C=N–C) groups is 1. The van der Waals surface area contributed by atoms with Gasteiger partial charge >= 0.3 is 0 Å². The molecule has 0 radical (unpaired) electrons. The van der Waals surface area contributed by atoms with Gasteiger partial charge in [-0.15, -0.1) is 0 Å². The van der Waals surface area contributed by atoms with Crippen LogP contribution in [0.2, 0.25) is 0 Å². The second kappa shape index (κ2) is 13.1. The van der Waals surface area contributed by atoms with Crippen LogP contribution >= 0.6 is 0 Å². The Bertz CT molecular complexity index is 638. The molecule has 0 unspecified atom stereocenters. The van der Waals surface area contributed by atoms with Crippen LogP contribution in [0.5, 0.6) is 0 Å². The molecule has 27 heavy (non-hydrogen) atoms. The first kappa shape index (κ1) is 21.2. The van der Waals surface area contributed by atoms with Crippen molar-refractivity contribution in [2.75, 3.05) is 46.6 Å². The second-order valence-corrected chi connectivity index (χ2v) is 6.31. The van der Waals surface area contributed by atoms with Gasteiger partial charge in [-0.2, -0.15) is 0 Å². The van der Waals surface area contributed by atoms with Crippen LogP contribution in [-0.4, -0.2) is 62.5 Å². The zero-order valence-electron chi connectivity index (χ0n) is 16.6. The van der Waals surface area contributed by atoms with Crippen molar-refractivity contribution in [1.29, 1.82) is 0 Å². The van der Waals surface area contributed by atoms with E-state index < -0.39 is 0 Å². The van der Waals surface area contributed by atoms with E-state index in [4.69, 9.17) is 9.47 Å². The number of aromatic nitrogens is 2. The van der Waals surface area contributed by atoms with Gasteiger partial charge in [0.05, 0.1) is 30.9 Å². The number of imidazole rings is 1. The van der Waals surface area contributed by atoms with Gasteiger partial charge in [0.15, 0.2) is 5.96 Å². The zero-order valence-corrected chi connectivity index (χ0v) is 16.6. The molecule has 7 heteroatoms. The summed E-state index contributed by atoms with van der Waals surface area (Å²) in [6, 6.07) is 8.10. The number of nitrogens with zero attached hydrogens (tertiary/aromatic N) is 2. The molecule has 0 bridgehead atoms. The van der Waals surface area contributed by atoms with Crippen molar-refractivity contribution < 1.29 is 9.47 Å². The van der Waals surface area contributed by atoms with E-state index >= 15 is 0 Å². The number of hydrogen-bond acceptors (Lipinski definition) is 4. The Balaban J connectivity index is 1.50. The average molecular weight is 376 g/mol. The fraction of sp³-hybridized carbons (Fsp3) is 0.600. The first-order valence-corrected chi connectivity index (χ1v) is 9.87. The Hall–Kier alpha value is -2.12. The van der Waals surface area contributed by atoms with Crippen molar-refractivity contribution in [2.24, 2.45) is 4.99 Å². The number of aromatic amines is 1. The summed E-state index contributed by atoms with van der Waals surface area (Å²) in [5.74, 6) is 1.82. The third-order valence-corrected chi connectivity index (χ3v) is 4.10. The fourth-order valence-corrected chi connectivity index (χ4v) is 2.62. The van der Waals surface area contributed by atoms with Crippen LogP contribution in [0.3, 0.4) is 0 Å². The number of unbranched alkanes of at least 4 members (excludes halogenated alkanes) is 1. The fourth-order valence-electron chi connectivity index (χ4n) is 2.62. The van der Waals surface area contributed by atoms with Crippen LogP contribution in [0, 0.1) is 0 Å². The minimum Gasteiger partial charge on any atom is -0.379 e. The molecule has 2 rings (SSSR count). The number of benzene rings is 1. The van der Waals surface area contributed by atoms with Crippen LogP contribution in [0.15, 0.2) is 29.3 Å². The van der Waals surface area contributed by atoms with Crippen molar-refractivity contribution in [3.05, 3.63) is 30.1 Å². The number of H-pyrrole nitrogens is 1. The van der Waals surface area contributed by atoms with Crippen LogP contribution in [0.4, 0.5) is 0 Å². The van der Waals surface area contributed by atoms with Crippen molar-refractivity contribution in [2.45, 2.75) is 32.6 Å². The van der Waals surface area contributed by atoms with Gasteiger partial charge in [0, 0.05) is 33.2 Å². The van der Waals surface area contributed by atoms with E-state index in [1.165, 1.54) is 0 Å². The lowest BCUT2D eigenvalue weighted by molar-refractivity contribution is 0.0487. The smallest absolute Gasteiger partial charge is 0.191 e. The Kier molecular flexibility index (Phi) is 10.3. The van der Waals surface area contributed by atoms with Crippen molar-refractivity contribution in [1.82, 2.24) is 20.6 Å². The maximum absolute atomic E-state index is 5.54. The minimum atomic E-state index is 0.634. The highest BCUT2D eigenvalue weighted by Crippen LogP contribution is 2.10. The van der Waals surface area contributed by atoms with Gasteiger partial charge in [-0.1, -0.05) is 25.5 Å². The molecule has 1 heterocycles. The van der Waals surface area contributed by atoms with E-state index in [1.54, 1.807) is 7.05 Å². The molecule has 150 valence electrons. The lowest BCUT2D eigenvalue weighted by atomic mass is 10.3. The minimum absolute atomic E-state index is 0.634. The topological polar surface area (TPSA) is 83.6 Å². The Morgan fingerprint density at radius 2 is 1.81 bits per heavy atom. The van der Waals surface area contributed by atoms with Crippen LogP contribution in [0.25, 0.3) is 11.0 Å². The quantitative estimate of drug-likeness (QED) is 0.285. The number of aryl methyl sites for hydroxylation is 1. The summed E-state index contributed by atoms with van der Waals surface area (Å²) in [5.41, 5.74) is 2.11. The Morgan fingerprint density at radius 1 is 1.04 bits per heavy atom. The summed E-state index contributed by atoms with van der Waals surface area (Å²) in [5, 5.41) is 6.57. The molecule has 0 saturated carbocycles. The van der Waals surface area contributed by atoms with Gasteiger partial charge in [0.25, 0.3) is 0 Å². The second-order valence-electron chi connectivity index (χ2n) is 6.31. The summed E-state index contributed by atoms with van der Waals surface area (Å²) < 4.78 is 11.0. The number of hydrogen-bond donors (Lipinski definition) is 3. The van der Waals surface area contributed by atoms with Gasteiger partial charge < -0.3 is 25.1 Å². The van der Waals surface area contributed by atoms with E-state index in [2.05, 4.69) is 38.6 Å². The van der Waals surface area contributed by atoms with Gasteiger partial charge in [0.1, 0.15) is 5.82 Å². The molecule has 0 atom stereocenters. The number of ether oxygens (including phenoxy) is 2. The molecule has 0 spiro atoms. The van der Waals surface area contributed by atoms with E-state index in [1.807, 2.05) is 18.2 Å². The van der Waals surface area contributed by atoms with Gasteiger partial charge in [-0.05, 0) is 25.0 Å². The molecule has 3 N–H and O–H groups in total. The zero-order chi connectivity index (χ0) is 19.2. The predicted molar refractivity (Wildman–Crippen MR) is 110 cm³/mol. The highest BCUT2D eigenvalue weighted by Gasteiger charge is 2.02. The van der Waals surface area contributed by atoms with E-state index in [0.717, 1.165) is 68.2 Å². The number of rotatable bonds is 13. The highest BCUT2D eigenvalue weighted by molar-refractivity contribution is 5.79. The molecule has 0 fully saturated rings. The molecular weight excluding hydrogens is 342 g/mol. The largest absolute Gasteiger partial charge is 0.379 e. The summed E-state index contributed by atoms with van der Waals surface area (Å²) in [6.45, 7) is 6.47. The van der Waals surface area contributed by atoms with E-state index in [9.17, 15) is 0 Å². The molecular formula is C20H33N5O2. The first-order valence-electron chi connectivity index (χ1n) is 9.87. The molecule has 0 saturated heterocycles. The third kappa shape index (κ3) is 8.41. The van der Waals surface area contributed by atoms with Crippen LogP contribution in [-0.2, 0) is 15.9 Å². The predicted octanol–water partition coefficient (Wildman–Crippen LogP) is 2.49. The number of fused-ring (bicyclic) bond motifs is 1. The monoisotopic (exact) mass is 375 g/mol. The maximum atomic E-state index is 5.54. The Labute approximate surface area is 162 Å². The van der Waals surface area contributed by atoms with Crippen molar-refractivity contribution in [3.63, 3.8) is 0 Å². The highest BCUT2D eigenvalue weighted by atomic mass is 16.5. The lowest BCUT2D eigenvalue weighted by Crippen LogP contribution is -2.39. The van der Waals surface area contributed by atoms with Gasteiger partial charge in [0.2, 0.25) is 0 Å². The van der Waals surface area contributed by atoms with E-state index in [0.29, 0.717) is 19.8 Å². The molecule has 0 aliphatic heterocycles. The standard InChI is InChI=1S/C20H33N5O2/c1-3-4-13-26-15-16-27-14-12-23-20(21-2)22-11-7-10-19-24-17-8-5-6-9-18(17)25-19/h5-6,8-9H,3-4,7,10-16H2,1-2H3,(H,24,25)(H2,21,22,23). The first-order chi connectivity index (χ1) is 13.3. The summed E-state index contributed by atoms with van der Waals surface area (Å²) in [6.07, 6.45) is 4.15. The summed E-state index contributed by atoms with van der Waals surface area (Å²) in [7, 11) is 1.77. The van der Waals surface area contributed by atoms with Crippen molar-refractivity contribution in [3.8, 4) is 0 Å². The number of para-hydroxylation sites is 2. The molecule has 0 aliphatic rings. The third-order valence-electron chi connectivity index (χ3n) is 4.10. The summed E-state index contributed by atoms with van der Waals surface area (Å²) >= 11 is 0. The van der Waals surface area contributed by atoms with E-state index in [-0.39, 0.29) is 0 Å². The van der Waals surface area contributed by atoms with Crippen LogP contribution < -0.4 is 10.6 Å². The molecule has 0 aliphatic carbocycles. The van der Waals surface area contributed by atoms with Gasteiger partial charge in [-0.3, -0.25) is 4.99 Å². The lowest BCUT2D eigenvalue weighted by Gasteiger charge is -2.12. The molecule has 7 nitrogen and oxygen atoms in total. The summed E-state index contributed by atoms with van der Waals surface area (Å²) in [4.78, 5) is 12.2. The van der Waals surface area contributed by atoms with Gasteiger partial charge in [-0.25, -0.2) is 4.98 Å². The number of nitrogens with one attached hydrogen (secondary N) is 3. The average Bonchev–Trinajstić information content (AvgIpc) is 3.11. The SMILES string of the molecule is CCCCOCCOCCNC(=NC)NCCCc1nc2ccccc2[nH]1. The van der Waals surface area contributed by atoms with Crippen LogP contribution in [0.1, 0.15) is 32.0 Å². The normalized spacial score (nSPS) is 11.9. The molecule has 1 aromatic heterocycles.